The van der Waals surface area contributed by atoms with Crippen molar-refractivity contribution in [2.24, 2.45) is 5.92 Å². The average Bonchev–Trinajstić information content (AvgIpc) is 2.62. The molecule has 1 aromatic heterocycles. The van der Waals surface area contributed by atoms with Crippen molar-refractivity contribution in [2.45, 2.75) is 39.5 Å². The predicted octanol–water partition coefficient (Wildman–Crippen LogP) is 2.16. The molecule has 0 unspecified atom stereocenters. The van der Waals surface area contributed by atoms with E-state index in [1.165, 1.54) is 19.3 Å². The Morgan fingerprint density at radius 2 is 1.46 bits per heavy atom. The van der Waals surface area contributed by atoms with Gasteiger partial charge in [-0.2, -0.15) is 0 Å². The molecule has 24 heavy (non-hydrogen) atoms. The summed E-state index contributed by atoms with van der Waals surface area (Å²) in [4.78, 5) is 18.7. The molecule has 0 aromatic carbocycles. The fourth-order valence-corrected chi connectivity index (χ4v) is 3.44. The largest absolute Gasteiger partial charge is 0.355 e. The number of hydrogen-bond acceptors (Lipinski definition) is 5. The lowest BCUT2D eigenvalue weighted by atomic mass is 10.1. The summed E-state index contributed by atoms with van der Waals surface area (Å²) in [6.07, 6.45) is 4.46. The Hall–Kier alpha value is -1.85. The summed E-state index contributed by atoms with van der Waals surface area (Å²) in [6.45, 7) is 9.59. The van der Waals surface area contributed by atoms with E-state index in [9.17, 15) is 4.79 Å². The average molecular weight is 331 g/mol. The molecular weight excluding hydrogens is 302 g/mol. The maximum absolute atomic E-state index is 12.1. The summed E-state index contributed by atoms with van der Waals surface area (Å²) in [6, 6.07) is 4.16. The Morgan fingerprint density at radius 3 is 1.96 bits per heavy atom. The molecule has 1 aromatic rings. The second-order valence-corrected chi connectivity index (χ2v) is 7.26. The third-order valence-corrected chi connectivity index (χ3v) is 4.86. The van der Waals surface area contributed by atoms with Crippen molar-refractivity contribution in [3.63, 3.8) is 0 Å². The number of carbonyl (C=O) groups excluding carboxylic acids is 1. The standard InChI is InChI=1S/C18H29N5O/c1-15(2)14-18(24)23-12-10-22(11-13-23)17-7-6-16(19-20-17)21-8-4-3-5-9-21/h6-7,15H,3-5,8-14H2,1-2H3. The van der Waals surface area contributed by atoms with Gasteiger partial charge in [-0.05, 0) is 37.3 Å². The van der Waals surface area contributed by atoms with Crippen LogP contribution in [0.4, 0.5) is 11.6 Å². The highest BCUT2D eigenvalue weighted by Crippen LogP contribution is 2.20. The Morgan fingerprint density at radius 1 is 0.917 bits per heavy atom. The van der Waals surface area contributed by atoms with Crippen molar-refractivity contribution in [3.05, 3.63) is 12.1 Å². The van der Waals surface area contributed by atoms with Crippen LogP contribution in [-0.4, -0.2) is 60.3 Å². The van der Waals surface area contributed by atoms with Crippen molar-refractivity contribution < 1.29 is 4.79 Å². The van der Waals surface area contributed by atoms with Crippen molar-refractivity contribution >= 4 is 17.5 Å². The van der Waals surface area contributed by atoms with Crippen LogP contribution in [0.1, 0.15) is 39.5 Å². The van der Waals surface area contributed by atoms with E-state index in [0.29, 0.717) is 12.3 Å². The quantitative estimate of drug-likeness (QED) is 0.846. The van der Waals surface area contributed by atoms with Gasteiger partial charge in [0.25, 0.3) is 0 Å². The molecule has 132 valence electrons. The summed E-state index contributed by atoms with van der Waals surface area (Å²) >= 11 is 0. The topological polar surface area (TPSA) is 52.6 Å². The molecule has 2 fully saturated rings. The summed E-state index contributed by atoms with van der Waals surface area (Å²) in [5, 5.41) is 8.85. The molecular formula is C18H29N5O. The summed E-state index contributed by atoms with van der Waals surface area (Å²) in [5.41, 5.74) is 0. The number of rotatable bonds is 4. The Labute approximate surface area is 144 Å². The minimum Gasteiger partial charge on any atom is -0.355 e. The van der Waals surface area contributed by atoms with E-state index in [0.717, 1.165) is 50.9 Å². The van der Waals surface area contributed by atoms with E-state index in [-0.39, 0.29) is 5.91 Å². The van der Waals surface area contributed by atoms with Crippen LogP contribution < -0.4 is 9.80 Å². The highest BCUT2D eigenvalue weighted by atomic mass is 16.2. The lowest BCUT2D eigenvalue weighted by Gasteiger charge is -2.35. The van der Waals surface area contributed by atoms with Gasteiger partial charge in [0.2, 0.25) is 5.91 Å². The molecule has 6 nitrogen and oxygen atoms in total. The molecule has 3 heterocycles. The number of piperazine rings is 1. The number of amides is 1. The lowest BCUT2D eigenvalue weighted by molar-refractivity contribution is -0.132. The molecule has 6 heteroatoms. The number of carbonyl (C=O) groups is 1. The van der Waals surface area contributed by atoms with E-state index < -0.39 is 0 Å². The monoisotopic (exact) mass is 331 g/mol. The molecule has 1 amide bonds. The number of hydrogen-bond donors (Lipinski definition) is 0. The molecule has 0 spiro atoms. The first-order valence-corrected chi connectivity index (χ1v) is 9.25. The Bertz CT molecular complexity index is 531. The summed E-state index contributed by atoms with van der Waals surface area (Å²) in [7, 11) is 0. The van der Waals surface area contributed by atoms with Crippen LogP contribution in [0.15, 0.2) is 12.1 Å². The van der Waals surface area contributed by atoms with Crippen LogP contribution in [0.5, 0.6) is 0 Å². The van der Waals surface area contributed by atoms with E-state index in [4.69, 9.17) is 0 Å². The van der Waals surface area contributed by atoms with Gasteiger partial charge in [-0.25, -0.2) is 0 Å². The molecule has 2 aliphatic rings. The SMILES string of the molecule is CC(C)CC(=O)N1CCN(c2ccc(N3CCCCC3)nn2)CC1. The third kappa shape index (κ3) is 4.16. The van der Waals surface area contributed by atoms with Gasteiger partial charge < -0.3 is 14.7 Å². The number of piperidine rings is 1. The highest BCUT2D eigenvalue weighted by molar-refractivity contribution is 5.76. The van der Waals surface area contributed by atoms with Crippen LogP contribution in [0.25, 0.3) is 0 Å². The van der Waals surface area contributed by atoms with Crippen molar-refractivity contribution in [1.82, 2.24) is 15.1 Å². The first-order valence-electron chi connectivity index (χ1n) is 9.25. The van der Waals surface area contributed by atoms with Crippen LogP contribution >= 0.6 is 0 Å². The molecule has 3 rings (SSSR count). The van der Waals surface area contributed by atoms with Crippen LogP contribution in [0.3, 0.4) is 0 Å². The first-order chi connectivity index (χ1) is 11.6. The van der Waals surface area contributed by atoms with E-state index in [2.05, 4.69) is 46.0 Å². The van der Waals surface area contributed by atoms with E-state index in [1.807, 2.05) is 4.90 Å². The minimum absolute atomic E-state index is 0.274. The maximum atomic E-state index is 12.1. The van der Waals surface area contributed by atoms with Crippen LogP contribution in [-0.2, 0) is 4.79 Å². The molecule has 0 atom stereocenters. The van der Waals surface area contributed by atoms with Gasteiger partial charge in [0, 0.05) is 45.7 Å². The van der Waals surface area contributed by atoms with Gasteiger partial charge in [0.05, 0.1) is 0 Å². The molecule has 0 aliphatic carbocycles. The molecule has 2 saturated heterocycles. The second kappa shape index (κ2) is 7.81. The van der Waals surface area contributed by atoms with Crippen molar-refractivity contribution in [1.29, 1.82) is 0 Å². The molecule has 0 saturated carbocycles. The predicted molar refractivity (Wildman–Crippen MR) is 96.3 cm³/mol. The van der Waals surface area contributed by atoms with Crippen molar-refractivity contribution in [2.75, 3.05) is 49.1 Å². The van der Waals surface area contributed by atoms with Gasteiger partial charge in [0.15, 0.2) is 11.6 Å². The van der Waals surface area contributed by atoms with Gasteiger partial charge >= 0.3 is 0 Å². The van der Waals surface area contributed by atoms with Gasteiger partial charge in [-0.15, -0.1) is 10.2 Å². The minimum atomic E-state index is 0.274. The summed E-state index contributed by atoms with van der Waals surface area (Å²) in [5.74, 6) is 2.61. The molecule has 0 bridgehead atoms. The first kappa shape index (κ1) is 17.0. The third-order valence-electron chi connectivity index (χ3n) is 4.86. The second-order valence-electron chi connectivity index (χ2n) is 7.26. The fraction of sp³-hybridized carbons (Fsp3) is 0.722. The molecule has 0 radical (unpaired) electrons. The fourth-order valence-electron chi connectivity index (χ4n) is 3.44. The molecule has 0 N–H and O–H groups in total. The maximum Gasteiger partial charge on any atom is 0.222 e. The highest BCUT2D eigenvalue weighted by Gasteiger charge is 2.22. The van der Waals surface area contributed by atoms with Crippen molar-refractivity contribution in [3.8, 4) is 0 Å². The molecule has 2 aliphatic heterocycles. The number of anilines is 2. The van der Waals surface area contributed by atoms with Gasteiger partial charge in [0.1, 0.15) is 0 Å². The normalized spacial score (nSPS) is 19.0. The smallest absolute Gasteiger partial charge is 0.222 e. The van der Waals surface area contributed by atoms with Gasteiger partial charge in [-0.3, -0.25) is 4.79 Å². The lowest BCUT2D eigenvalue weighted by Crippen LogP contribution is -2.49. The Balaban J connectivity index is 1.53. The zero-order valence-electron chi connectivity index (χ0n) is 14.9. The van der Waals surface area contributed by atoms with E-state index >= 15 is 0 Å². The van der Waals surface area contributed by atoms with Crippen LogP contribution in [0, 0.1) is 5.92 Å². The summed E-state index contributed by atoms with van der Waals surface area (Å²) < 4.78 is 0. The number of aromatic nitrogens is 2. The van der Waals surface area contributed by atoms with Crippen LogP contribution in [0.2, 0.25) is 0 Å². The Kier molecular flexibility index (Phi) is 5.53. The zero-order chi connectivity index (χ0) is 16.9. The van der Waals surface area contributed by atoms with E-state index in [1.54, 1.807) is 0 Å². The van der Waals surface area contributed by atoms with Gasteiger partial charge in [-0.1, -0.05) is 13.8 Å². The zero-order valence-corrected chi connectivity index (χ0v) is 14.9. The number of nitrogens with zero attached hydrogens (tertiary/aromatic N) is 5.